The fourth-order valence-electron chi connectivity index (χ4n) is 7.82. The van der Waals surface area contributed by atoms with E-state index in [0.29, 0.717) is 29.5 Å². The minimum atomic E-state index is -0.181. The Bertz CT molecular complexity index is 615. The molecule has 5 aliphatic rings. The number of esters is 1. The van der Waals surface area contributed by atoms with Crippen LogP contribution in [0.1, 0.15) is 65.2 Å². The lowest BCUT2D eigenvalue weighted by Crippen LogP contribution is -2.56. The smallest absolute Gasteiger partial charge is 0.302 e. The Morgan fingerprint density at radius 1 is 1.20 bits per heavy atom. The second-order valence-corrected chi connectivity index (χ2v) is 9.74. The predicted octanol–water partition coefficient (Wildman–Crippen LogP) is 3.52. The average molecular weight is 346 g/mol. The van der Waals surface area contributed by atoms with Crippen molar-refractivity contribution in [3.63, 3.8) is 0 Å². The molecule has 0 aromatic carbocycles. The molecule has 138 valence electrons. The maximum Gasteiger partial charge on any atom is 0.302 e. The molecule has 1 spiro atoms. The van der Waals surface area contributed by atoms with Crippen molar-refractivity contribution in [1.29, 1.82) is 0 Å². The number of hydrogen-bond donors (Lipinski definition) is 0. The molecule has 4 nitrogen and oxygen atoms in total. The number of ether oxygens (including phenoxy) is 2. The lowest BCUT2D eigenvalue weighted by Gasteiger charge is -2.58. The summed E-state index contributed by atoms with van der Waals surface area (Å²) in [5.41, 5.74) is 0.246. The fraction of sp³-hybridized carbons (Fsp3) is 0.905. The molecule has 5 rings (SSSR count). The number of rotatable bonds is 1. The highest BCUT2D eigenvalue weighted by Gasteiger charge is 2.65. The molecule has 25 heavy (non-hydrogen) atoms. The van der Waals surface area contributed by atoms with Crippen molar-refractivity contribution in [1.82, 2.24) is 0 Å². The van der Waals surface area contributed by atoms with Crippen molar-refractivity contribution in [2.45, 2.75) is 77.4 Å². The predicted molar refractivity (Wildman–Crippen MR) is 91.7 cm³/mol. The fourth-order valence-corrected chi connectivity index (χ4v) is 7.82. The Balaban J connectivity index is 1.43. The first-order valence-corrected chi connectivity index (χ1v) is 10.3. The second kappa shape index (κ2) is 5.31. The molecule has 0 radical (unpaired) electrons. The number of hydrogen-bond acceptors (Lipinski definition) is 4. The standard InChI is InChI=1S/C21H30O4/c1-12(22)25-17-9-13-3-4-14-15-5-6-19(23)20(15,2)8-7-16(14)21(13)10-18(17)24-11-21/h13-18H,3-11H2,1-2H3/t13-,14-,15-,16-,17+,18-,20-,21+/m0/s1. The van der Waals surface area contributed by atoms with Gasteiger partial charge in [0.2, 0.25) is 0 Å². The minimum Gasteiger partial charge on any atom is -0.460 e. The number of fused-ring (bicyclic) bond motifs is 4. The van der Waals surface area contributed by atoms with Gasteiger partial charge in [0.05, 0.1) is 12.7 Å². The summed E-state index contributed by atoms with van der Waals surface area (Å²) in [6.45, 7) is 4.60. The van der Waals surface area contributed by atoms with E-state index in [0.717, 1.165) is 38.7 Å². The van der Waals surface area contributed by atoms with Crippen molar-refractivity contribution >= 4 is 11.8 Å². The molecule has 0 amide bonds. The van der Waals surface area contributed by atoms with E-state index in [2.05, 4.69) is 6.92 Å². The summed E-state index contributed by atoms with van der Waals surface area (Å²) in [5, 5.41) is 0. The second-order valence-electron chi connectivity index (χ2n) is 9.74. The van der Waals surface area contributed by atoms with E-state index in [1.54, 1.807) is 0 Å². The van der Waals surface area contributed by atoms with Crippen molar-refractivity contribution in [2.24, 2.45) is 34.5 Å². The van der Waals surface area contributed by atoms with Gasteiger partial charge in [-0.3, -0.25) is 9.59 Å². The molecule has 4 saturated carbocycles. The van der Waals surface area contributed by atoms with Crippen LogP contribution in [0.3, 0.4) is 0 Å². The number of Topliss-reactive ketones (excluding diaryl/α,β-unsaturated/α-hetero) is 1. The Labute approximate surface area is 150 Å². The van der Waals surface area contributed by atoms with E-state index in [9.17, 15) is 9.59 Å². The van der Waals surface area contributed by atoms with Gasteiger partial charge in [0.25, 0.3) is 0 Å². The van der Waals surface area contributed by atoms with Gasteiger partial charge in [-0.1, -0.05) is 6.92 Å². The zero-order valence-corrected chi connectivity index (χ0v) is 15.5. The molecule has 1 aliphatic heterocycles. The number of carbonyl (C=O) groups is 2. The van der Waals surface area contributed by atoms with E-state index in [4.69, 9.17) is 9.47 Å². The Morgan fingerprint density at radius 2 is 2.04 bits per heavy atom. The van der Waals surface area contributed by atoms with Crippen LogP contribution in [0.4, 0.5) is 0 Å². The molecular weight excluding hydrogens is 316 g/mol. The molecular formula is C21H30O4. The molecule has 1 heterocycles. The minimum absolute atomic E-state index is 0.0432. The monoisotopic (exact) mass is 346 g/mol. The van der Waals surface area contributed by atoms with Crippen LogP contribution in [-0.4, -0.2) is 30.6 Å². The molecule has 0 aromatic rings. The summed E-state index contributed by atoms with van der Waals surface area (Å²) in [5.74, 6) is 2.97. The first-order chi connectivity index (χ1) is 11.9. The van der Waals surface area contributed by atoms with Gasteiger partial charge in [0, 0.05) is 24.2 Å². The number of ketones is 1. The molecule has 0 aromatic heterocycles. The van der Waals surface area contributed by atoms with Gasteiger partial charge in [0.15, 0.2) is 0 Å². The van der Waals surface area contributed by atoms with Gasteiger partial charge in [-0.25, -0.2) is 0 Å². The van der Waals surface area contributed by atoms with Gasteiger partial charge >= 0.3 is 5.97 Å². The molecule has 5 fully saturated rings. The Kier molecular flexibility index (Phi) is 3.46. The van der Waals surface area contributed by atoms with Gasteiger partial charge < -0.3 is 9.47 Å². The molecule has 0 N–H and O–H groups in total. The van der Waals surface area contributed by atoms with Gasteiger partial charge in [0.1, 0.15) is 11.9 Å². The third-order valence-electron chi connectivity index (χ3n) is 8.94. The van der Waals surface area contributed by atoms with E-state index in [-0.39, 0.29) is 29.0 Å². The van der Waals surface area contributed by atoms with Crippen LogP contribution in [0.25, 0.3) is 0 Å². The van der Waals surface area contributed by atoms with E-state index in [1.807, 2.05) is 0 Å². The summed E-state index contributed by atoms with van der Waals surface area (Å²) < 4.78 is 11.8. The van der Waals surface area contributed by atoms with Gasteiger partial charge in [-0.15, -0.1) is 0 Å². The van der Waals surface area contributed by atoms with Crippen LogP contribution in [0.15, 0.2) is 0 Å². The molecule has 1 saturated heterocycles. The van der Waals surface area contributed by atoms with E-state index < -0.39 is 0 Å². The zero-order chi connectivity index (χ0) is 17.4. The van der Waals surface area contributed by atoms with Gasteiger partial charge in [-0.05, 0) is 68.6 Å². The quantitative estimate of drug-likeness (QED) is 0.682. The van der Waals surface area contributed by atoms with Crippen molar-refractivity contribution in [3.05, 3.63) is 0 Å². The van der Waals surface area contributed by atoms with Crippen LogP contribution >= 0.6 is 0 Å². The highest BCUT2D eigenvalue weighted by Crippen LogP contribution is 2.67. The normalized spacial score (nSPS) is 53.8. The first-order valence-electron chi connectivity index (χ1n) is 10.3. The molecule has 4 aliphatic carbocycles. The highest BCUT2D eigenvalue weighted by atomic mass is 16.6. The lowest BCUT2D eigenvalue weighted by atomic mass is 9.45. The van der Waals surface area contributed by atoms with Crippen molar-refractivity contribution < 1.29 is 19.1 Å². The summed E-state index contributed by atoms with van der Waals surface area (Å²) in [4.78, 5) is 24.0. The van der Waals surface area contributed by atoms with Crippen molar-refractivity contribution in [3.8, 4) is 0 Å². The topological polar surface area (TPSA) is 52.6 Å². The maximum atomic E-state index is 12.5. The Morgan fingerprint density at radius 3 is 2.84 bits per heavy atom. The van der Waals surface area contributed by atoms with Crippen molar-refractivity contribution in [2.75, 3.05) is 6.61 Å². The van der Waals surface area contributed by atoms with Crippen LogP contribution in [0, 0.1) is 34.5 Å². The molecule has 0 unspecified atom stereocenters. The number of carbonyl (C=O) groups excluding carboxylic acids is 2. The summed E-state index contributed by atoms with van der Waals surface area (Å²) >= 11 is 0. The summed E-state index contributed by atoms with van der Waals surface area (Å²) in [7, 11) is 0. The van der Waals surface area contributed by atoms with E-state index >= 15 is 0 Å². The Hall–Kier alpha value is -0.900. The molecule has 2 bridgehead atoms. The van der Waals surface area contributed by atoms with Crippen LogP contribution in [0.5, 0.6) is 0 Å². The van der Waals surface area contributed by atoms with Crippen LogP contribution < -0.4 is 0 Å². The van der Waals surface area contributed by atoms with Crippen LogP contribution in [-0.2, 0) is 19.1 Å². The SMILES string of the molecule is CC(=O)O[C@@H]1C[C@@H]2CC[C@@H]3[C@H](CC[C@]4(C)C(=O)CC[C@@H]34)[C@]23CO[C@H]1C3. The largest absolute Gasteiger partial charge is 0.460 e. The summed E-state index contributed by atoms with van der Waals surface area (Å²) in [6, 6.07) is 0. The summed E-state index contributed by atoms with van der Waals surface area (Å²) in [6.07, 6.45) is 8.74. The van der Waals surface area contributed by atoms with Gasteiger partial charge in [-0.2, -0.15) is 0 Å². The third-order valence-corrected chi connectivity index (χ3v) is 8.94. The zero-order valence-electron chi connectivity index (χ0n) is 15.5. The van der Waals surface area contributed by atoms with E-state index in [1.165, 1.54) is 26.2 Å². The molecule has 4 heteroatoms. The first kappa shape index (κ1) is 16.3. The maximum absolute atomic E-state index is 12.5. The molecule has 8 atom stereocenters. The average Bonchev–Trinajstić information content (AvgIpc) is 3.09. The third kappa shape index (κ3) is 2.09. The highest BCUT2D eigenvalue weighted by molar-refractivity contribution is 5.87. The van der Waals surface area contributed by atoms with Crippen LogP contribution in [0.2, 0.25) is 0 Å². The lowest BCUT2D eigenvalue weighted by molar-refractivity contribution is -0.159.